The standard InChI is InChI=1S/C17H34N2/c1-14-6-5-8-19(9-7-14)17(13-18)11-15(2)10-16(3,4)12-17/h14-15H,5-13,18H2,1-4H3. The van der Waals surface area contributed by atoms with Crippen LogP contribution >= 0.6 is 0 Å². The van der Waals surface area contributed by atoms with Gasteiger partial charge in [-0.3, -0.25) is 4.90 Å². The Labute approximate surface area is 120 Å². The highest BCUT2D eigenvalue weighted by molar-refractivity contribution is 5.01. The van der Waals surface area contributed by atoms with Crippen LogP contribution < -0.4 is 5.73 Å². The first-order valence-corrected chi connectivity index (χ1v) is 8.32. The van der Waals surface area contributed by atoms with Gasteiger partial charge in [-0.25, -0.2) is 0 Å². The maximum atomic E-state index is 6.30. The van der Waals surface area contributed by atoms with E-state index in [-0.39, 0.29) is 5.54 Å². The SMILES string of the molecule is CC1CCCN(C2(CN)CC(C)CC(C)(C)C2)CC1. The zero-order valence-corrected chi connectivity index (χ0v) is 13.5. The highest BCUT2D eigenvalue weighted by Crippen LogP contribution is 2.46. The van der Waals surface area contributed by atoms with Crippen LogP contribution in [-0.2, 0) is 0 Å². The van der Waals surface area contributed by atoms with Crippen molar-refractivity contribution in [2.24, 2.45) is 23.0 Å². The van der Waals surface area contributed by atoms with Gasteiger partial charge in [0.25, 0.3) is 0 Å². The Kier molecular flexibility index (Phi) is 4.62. The van der Waals surface area contributed by atoms with E-state index in [0.717, 1.165) is 18.4 Å². The molecule has 3 unspecified atom stereocenters. The third-order valence-corrected chi connectivity index (χ3v) is 5.50. The average Bonchev–Trinajstić information content (AvgIpc) is 2.51. The van der Waals surface area contributed by atoms with Crippen molar-refractivity contribution in [3.8, 4) is 0 Å². The summed E-state index contributed by atoms with van der Waals surface area (Å²) in [6.07, 6.45) is 8.07. The highest BCUT2D eigenvalue weighted by atomic mass is 15.2. The molecule has 2 N–H and O–H groups in total. The summed E-state index contributed by atoms with van der Waals surface area (Å²) in [5, 5.41) is 0. The lowest BCUT2D eigenvalue weighted by Gasteiger charge is -2.53. The fourth-order valence-corrected chi connectivity index (χ4v) is 4.96. The summed E-state index contributed by atoms with van der Waals surface area (Å²) in [5.74, 6) is 1.71. The average molecular weight is 266 g/mol. The molecule has 0 bridgehead atoms. The molecule has 0 spiro atoms. The van der Waals surface area contributed by atoms with Gasteiger partial charge in [0.15, 0.2) is 0 Å². The van der Waals surface area contributed by atoms with Crippen LogP contribution in [0.5, 0.6) is 0 Å². The molecule has 2 rings (SSSR count). The predicted molar refractivity (Wildman–Crippen MR) is 83.2 cm³/mol. The van der Waals surface area contributed by atoms with Crippen molar-refractivity contribution in [1.29, 1.82) is 0 Å². The van der Waals surface area contributed by atoms with Crippen LogP contribution in [0.15, 0.2) is 0 Å². The second-order valence-electron chi connectivity index (χ2n) is 8.31. The molecule has 2 fully saturated rings. The van der Waals surface area contributed by atoms with Crippen LogP contribution in [0.2, 0.25) is 0 Å². The molecule has 1 saturated heterocycles. The van der Waals surface area contributed by atoms with Crippen LogP contribution in [-0.4, -0.2) is 30.1 Å². The molecule has 2 heteroatoms. The minimum atomic E-state index is 0.283. The Hall–Kier alpha value is -0.0800. The fraction of sp³-hybridized carbons (Fsp3) is 1.00. The summed E-state index contributed by atoms with van der Waals surface area (Å²) in [5.41, 5.74) is 7.03. The van der Waals surface area contributed by atoms with E-state index in [4.69, 9.17) is 5.73 Å². The molecule has 1 saturated carbocycles. The van der Waals surface area contributed by atoms with Gasteiger partial charge in [-0.15, -0.1) is 0 Å². The van der Waals surface area contributed by atoms with E-state index in [1.807, 2.05) is 0 Å². The Bertz CT molecular complexity index is 300. The van der Waals surface area contributed by atoms with Gasteiger partial charge in [-0.05, 0) is 68.9 Å². The van der Waals surface area contributed by atoms with Gasteiger partial charge in [0, 0.05) is 12.1 Å². The van der Waals surface area contributed by atoms with Gasteiger partial charge in [0.1, 0.15) is 0 Å². The van der Waals surface area contributed by atoms with E-state index in [0.29, 0.717) is 5.41 Å². The Balaban J connectivity index is 2.16. The monoisotopic (exact) mass is 266 g/mol. The van der Waals surface area contributed by atoms with Crippen molar-refractivity contribution in [2.75, 3.05) is 19.6 Å². The second-order valence-corrected chi connectivity index (χ2v) is 8.31. The van der Waals surface area contributed by atoms with Crippen LogP contribution in [0, 0.1) is 17.3 Å². The van der Waals surface area contributed by atoms with Crippen LogP contribution in [0.1, 0.15) is 66.2 Å². The molecular formula is C17H34N2. The number of hydrogen-bond acceptors (Lipinski definition) is 2. The number of nitrogens with two attached hydrogens (primary N) is 1. The summed E-state index contributed by atoms with van der Waals surface area (Å²) < 4.78 is 0. The van der Waals surface area contributed by atoms with E-state index in [2.05, 4.69) is 32.6 Å². The first-order valence-electron chi connectivity index (χ1n) is 8.32. The van der Waals surface area contributed by atoms with Crippen molar-refractivity contribution in [3.05, 3.63) is 0 Å². The molecule has 2 aliphatic rings. The number of hydrogen-bond donors (Lipinski definition) is 1. The van der Waals surface area contributed by atoms with Crippen LogP contribution in [0.4, 0.5) is 0 Å². The minimum absolute atomic E-state index is 0.283. The van der Waals surface area contributed by atoms with Gasteiger partial charge in [0.2, 0.25) is 0 Å². The van der Waals surface area contributed by atoms with E-state index in [1.165, 1.54) is 51.6 Å². The lowest BCUT2D eigenvalue weighted by atomic mass is 9.63. The molecule has 0 amide bonds. The number of nitrogens with zero attached hydrogens (tertiary/aromatic N) is 1. The minimum Gasteiger partial charge on any atom is -0.329 e. The van der Waals surface area contributed by atoms with Crippen molar-refractivity contribution < 1.29 is 0 Å². The summed E-state index contributed by atoms with van der Waals surface area (Å²) in [6, 6.07) is 0. The first-order chi connectivity index (χ1) is 8.87. The largest absolute Gasteiger partial charge is 0.329 e. The summed E-state index contributed by atoms with van der Waals surface area (Å²) in [7, 11) is 0. The predicted octanol–water partition coefficient (Wildman–Crippen LogP) is 3.65. The van der Waals surface area contributed by atoms with Crippen LogP contribution in [0.25, 0.3) is 0 Å². The van der Waals surface area contributed by atoms with Gasteiger partial charge in [0.05, 0.1) is 0 Å². The third kappa shape index (κ3) is 3.52. The summed E-state index contributed by atoms with van der Waals surface area (Å²) >= 11 is 0. The Morgan fingerprint density at radius 1 is 1.05 bits per heavy atom. The van der Waals surface area contributed by atoms with Gasteiger partial charge in [-0.1, -0.05) is 27.7 Å². The Morgan fingerprint density at radius 2 is 1.79 bits per heavy atom. The molecule has 0 aromatic rings. The topological polar surface area (TPSA) is 29.3 Å². The molecule has 0 radical (unpaired) electrons. The number of likely N-dealkylation sites (tertiary alicyclic amines) is 1. The van der Waals surface area contributed by atoms with Crippen molar-refractivity contribution >= 4 is 0 Å². The molecular weight excluding hydrogens is 232 g/mol. The smallest absolute Gasteiger partial charge is 0.0339 e. The van der Waals surface area contributed by atoms with Gasteiger partial charge < -0.3 is 5.73 Å². The maximum Gasteiger partial charge on any atom is 0.0339 e. The summed E-state index contributed by atoms with van der Waals surface area (Å²) in [6.45, 7) is 13.1. The van der Waals surface area contributed by atoms with E-state index >= 15 is 0 Å². The Morgan fingerprint density at radius 3 is 2.42 bits per heavy atom. The number of rotatable bonds is 2. The molecule has 0 aromatic heterocycles. The highest BCUT2D eigenvalue weighted by Gasteiger charge is 2.45. The van der Waals surface area contributed by atoms with E-state index in [1.54, 1.807) is 0 Å². The molecule has 112 valence electrons. The molecule has 3 atom stereocenters. The zero-order valence-electron chi connectivity index (χ0n) is 13.5. The van der Waals surface area contributed by atoms with E-state index < -0.39 is 0 Å². The van der Waals surface area contributed by atoms with Gasteiger partial charge in [-0.2, -0.15) is 0 Å². The van der Waals surface area contributed by atoms with Crippen molar-refractivity contribution in [3.63, 3.8) is 0 Å². The normalized spacial score (nSPS) is 40.9. The zero-order chi connectivity index (χ0) is 14.1. The lowest BCUT2D eigenvalue weighted by molar-refractivity contribution is -0.0103. The van der Waals surface area contributed by atoms with Crippen LogP contribution in [0.3, 0.4) is 0 Å². The maximum absolute atomic E-state index is 6.30. The molecule has 0 aromatic carbocycles. The van der Waals surface area contributed by atoms with Crippen molar-refractivity contribution in [2.45, 2.75) is 71.8 Å². The molecule has 2 nitrogen and oxygen atoms in total. The summed E-state index contributed by atoms with van der Waals surface area (Å²) in [4.78, 5) is 2.77. The third-order valence-electron chi connectivity index (χ3n) is 5.50. The van der Waals surface area contributed by atoms with Crippen molar-refractivity contribution in [1.82, 2.24) is 4.90 Å². The quantitative estimate of drug-likeness (QED) is 0.826. The second kappa shape index (κ2) is 5.73. The molecule has 1 heterocycles. The lowest BCUT2D eigenvalue weighted by Crippen LogP contribution is -2.59. The van der Waals surface area contributed by atoms with Gasteiger partial charge >= 0.3 is 0 Å². The molecule has 1 aliphatic heterocycles. The first kappa shape index (κ1) is 15.3. The fourth-order valence-electron chi connectivity index (χ4n) is 4.96. The van der Waals surface area contributed by atoms with E-state index in [9.17, 15) is 0 Å². The molecule has 19 heavy (non-hydrogen) atoms. The molecule has 1 aliphatic carbocycles.